The maximum Gasteiger partial charge on any atom is 0.0468 e. The SMILES string of the molecule is CC(C)C1CCOCC1.CNCCC(C)C(C)C.[HH]. The number of rotatable bonds is 5. The molecule has 0 saturated carbocycles. The summed E-state index contributed by atoms with van der Waals surface area (Å²) in [4.78, 5) is 0. The maximum absolute atomic E-state index is 5.25. The third kappa shape index (κ3) is 8.93. The van der Waals surface area contributed by atoms with Crippen molar-refractivity contribution in [2.75, 3.05) is 26.8 Å². The van der Waals surface area contributed by atoms with Crippen molar-refractivity contribution in [3.05, 3.63) is 0 Å². The van der Waals surface area contributed by atoms with E-state index in [4.69, 9.17) is 4.74 Å². The predicted octanol–water partition coefficient (Wildman–Crippen LogP) is 4.20. The van der Waals surface area contributed by atoms with E-state index in [1.54, 1.807) is 0 Å². The summed E-state index contributed by atoms with van der Waals surface area (Å²) in [5.41, 5.74) is 0. The van der Waals surface area contributed by atoms with Crippen LogP contribution in [0, 0.1) is 23.7 Å². The van der Waals surface area contributed by atoms with Crippen molar-refractivity contribution < 1.29 is 6.16 Å². The summed E-state index contributed by atoms with van der Waals surface area (Å²) in [6.07, 6.45) is 3.85. The first-order valence-electron chi connectivity index (χ1n) is 7.71. The van der Waals surface area contributed by atoms with Crippen LogP contribution in [0.25, 0.3) is 0 Å². The van der Waals surface area contributed by atoms with Gasteiger partial charge in [0, 0.05) is 14.6 Å². The van der Waals surface area contributed by atoms with E-state index in [1.807, 2.05) is 7.05 Å². The Hall–Kier alpha value is -0.0800. The highest BCUT2D eigenvalue weighted by Crippen LogP contribution is 2.22. The van der Waals surface area contributed by atoms with Crippen LogP contribution in [-0.4, -0.2) is 26.8 Å². The molecule has 1 N–H and O–H groups in total. The van der Waals surface area contributed by atoms with Gasteiger partial charge in [0.25, 0.3) is 0 Å². The molecular weight excluding hydrogens is 222 g/mol. The summed E-state index contributed by atoms with van der Waals surface area (Å²) in [7, 11) is 2.01. The average molecular weight is 259 g/mol. The molecule has 18 heavy (non-hydrogen) atoms. The Morgan fingerprint density at radius 3 is 2.00 bits per heavy atom. The molecule has 0 aromatic carbocycles. The molecule has 2 heteroatoms. The van der Waals surface area contributed by atoms with E-state index in [0.29, 0.717) is 0 Å². The van der Waals surface area contributed by atoms with E-state index in [0.717, 1.165) is 43.4 Å². The molecular formula is C16H37NO. The minimum Gasteiger partial charge on any atom is -0.381 e. The van der Waals surface area contributed by atoms with Crippen LogP contribution in [0.1, 0.15) is 55.3 Å². The summed E-state index contributed by atoms with van der Waals surface area (Å²) in [6.45, 7) is 14.6. The molecule has 0 aromatic rings. The van der Waals surface area contributed by atoms with E-state index in [-0.39, 0.29) is 1.43 Å². The maximum atomic E-state index is 5.25. The molecule has 1 saturated heterocycles. The molecule has 1 rings (SSSR count). The number of hydrogen-bond acceptors (Lipinski definition) is 2. The number of ether oxygens (including phenoxy) is 1. The molecule has 0 spiro atoms. The summed E-state index contributed by atoms with van der Waals surface area (Å²) in [5, 5.41) is 3.15. The fourth-order valence-electron chi connectivity index (χ4n) is 2.09. The van der Waals surface area contributed by atoms with E-state index in [9.17, 15) is 0 Å². The zero-order valence-corrected chi connectivity index (χ0v) is 13.5. The van der Waals surface area contributed by atoms with Gasteiger partial charge in [0.15, 0.2) is 0 Å². The third-order valence-electron chi connectivity index (χ3n) is 4.20. The Labute approximate surface area is 116 Å². The van der Waals surface area contributed by atoms with Crippen LogP contribution in [0.15, 0.2) is 0 Å². The minimum absolute atomic E-state index is 0. The van der Waals surface area contributed by atoms with Crippen molar-refractivity contribution in [2.45, 2.75) is 53.9 Å². The van der Waals surface area contributed by atoms with Gasteiger partial charge < -0.3 is 10.1 Å². The van der Waals surface area contributed by atoms with E-state index >= 15 is 0 Å². The van der Waals surface area contributed by atoms with Gasteiger partial charge in [0.2, 0.25) is 0 Å². The molecule has 0 aliphatic carbocycles. The van der Waals surface area contributed by atoms with Crippen LogP contribution in [0.3, 0.4) is 0 Å². The lowest BCUT2D eigenvalue weighted by atomic mass is 9.89. The predicted molar refractivity (Wildman–Crippen MR) is 83.0 cm³/mol. The lowest BCUT2D eigenvalue weighted by Gasteiger charge is -2.24. The summed E-state index contributed by atoms with van der Waals surface area (Å²) >= 11 is 0. The first-order chi connectivity index (χ1) is 8.49. The highest BCUT2D eigenvalue weighted by molar-refractivity contribution is 4.65. The highest BCUT2D eigenvalue weighted by atomic mass is 16.5. The smallest absolute Gasteiger partial charge is 0.0468 e. The molecule has 2 nitrogen and oxygen atoms in total. The second-order valence-electron chi connectivity index (χ2n) is 6.31. The quantitative estimate of drug-likeness (QED) is 0.799. The van der Waals surface area contributed by atoms with Gasteiger partial charge >= 0.3 is 0 Å². The molecule has 1 aliphatic heterocycles. The Morgan fingerprint density at radius 2 is 1.67 bits per heavy atom. The van der Waals surface area contributed by atoms with E-state index in [2.05, 4.69) is 39.9 Å². The summed E-state index contributed by atoms with van der Waals surface area (Å²) in [5.74, 6) is 3.48. The fourth-order valence-corrected chi connectivity index (χ4v) is 2.09. The van der Waals surface area contributed by atoms with Crippen molar-refractivity contribution in [3.8, 4) is 0 Å². The van der Waals surface area contributed by atoms with Crippen molar-refractivity contribution in [3.63, 3.8) is 0 Å². The van der Waals surface area contributed by atoms with Crippen molar-refractivity contribution in [2.24, 2.45) is 23.7 Å². The van der Waals surface area contributed by atoms with Gasteiger partial charge in [-0.3, -0.25) is 0 Å². The van der Waals surface area contributed by atoms with Crippen LogP contribution in [0.5, 0.6) is 0 Å². The van der Waals surface area contributed by atoms with E-state index < -0.39 is 0 Å². The monoisotopic (exact) mass is 259 g/mol. The molecule has 0 bridgehead atoms. The second kappa shape index (κ2) is 10.8. The van der Waals surface area contributed by atoms with Gasteiger partial charge in [-0.1, -0.05) is 34.6 Å². The molecule has 1 fully saturated rings. The Kier molecular flexibility index (Phi) is 10.8. The van der Waals surface area contributed by atoms with Crippen molar-refractivity contribution in [1.82, 2.24) is 5.32 Å². The topological polar surface area (TPSA) is 21.3 Å². The standard InChI is InChI=1S/C8H19N.C8H16O.H2/c1-7(2)8(3)5-6-9-4;1-7(2)8-3-5-9-6-4-8;/h7-9H,5-6H2,1-4H3;7-8H,3-6H2,1-2H3;1H. The first-order valence-corrected chi connectivity index (χ1v) is 7.71. The van der Waals surface area contributed by atoms with Gasteiger partial charge in [-0.2, -0.15) is 0 Å². The number of nitrogens with one attached hydrogen (secondary N) is 1. The fraction of sp³-hybridized carbons (Fsp3) is 1.00. The molecule has 1 atom stereocenters. The summed E-state index contributed by atoms with van der Waals surface area (Å²) in [6, 6.07) is 0. The highest BCUT2D eigenvalue weighted by Gasteiger charge is 2.16. The first kappa shape index (κ1) is 17.9. The molecule has 0 aromatic heterocycles. The second-order valence-corrected chi connectivity index (χ2v) is 6.31. The molecule has 1 heterocycles. The molecule has 1 aliphatic rings. The zero-order chi connectivity index (χ0) is 14.0. The minimum atomic E-state index is 0. The van der Waals surface area contributed by atoms with Crippen LogP contribution < -0.4 is 5.32 Å². The Balaban J connectivity index is 0. The van der Waals surface area contributed by atoms with Gasteiger partial charge in [0.05, 0.1) is 0 Å². The van der Waals surface area contributed by atoms with Gasteiger partial charge in [-0.25, -0.2) is 0 Å². The van der Waals surface area contributed by atoms with E-state index in [1.165, 1.54) is 19.3 Å². The Bertz CT molecular complexity index is 180. The van der Waals surface area contributed by atoms with Crippen LogP contribution in [0.2, 0.25) is 0 Å². The molecule has 0 amide bonds. The lowest BCUT2D eigenvalue weighted by molar-refractivity contribution is 0.0523. The molecule has 112 valence electrons. The average Bonchev–Trinajstić information content (AvgIpc) is 2.37. The van der Waals surface area contributed by atoms with Gasteiger partial charge in [-0.15, -0.1) is 0 Å². The number of hydrogen-bond donors (Lipinski definition) is 1. The van der Waals surface area contributed by atoms with Gasteiger partial charge in [0.1, 0.15) is 0 Å². The lowest BCUT2D eigenvalue weighted by Crippen LogP contribution is -2.19. The van der Waals surface area contributed by atoms with Crippen molar-refractivity contribution >= 4 is 0 Å². The van der Waals surface area contributed by atoms with Crippen LogP contribution >= 0.6 is 0 Å². The van der Waals surface area contributed by atoms with Crippen LogP contribution in [-0.2, 0) is 4.74 Å². The largest absolute Gasteiger partial charge is 0.381 e. The molecule has 0 radical (unpaired) electrons. The van der Waals surface area contributed by atoms with Crippen LogP contribution in [0.4, 0.5) is 0 Å². The van der Waals surface area contributed by atoms with Gasteiger partial charge in [-0.05, 0) is 56.5 Å². The third-order valence-corrected chi connectivity index (χ3v) is 4.20. The zero-order valence-electron chi connectivity index (χ0n) is 13.5. The Morgan fingerprint density at radius 1 is 1.11 bits per heavy atom. The van der Waals surface area contributed by atoms with Crippen molar-refractivity contribution in [1.29, 1.82) is 0 Å². The summed E-state index contributed by atoms with van der Waals surface area (Å²) < 4.78 is 5.25. The molecule has 1 unspecified atom stereocenters. The normalized spacial score (nSPS) is 18.7.